The van der Waals surface area contributed by atoms with Gasteiger partial charge in [-0.15, -0.1) is 0 Å². The Morgan fingerprint density at radius 2 is 1.65 bits per heavy atom. The molecule has 2 rings (SSSR count). The van der Waals surface area contributed by atoms with Crippen molar-refractivity contribution >= 4 is 27.8 Å². The van der Waals surface area contributed by atoms with Crippen LogP contribution < -0.4 is 5.14 Å². The van der Waals surface area contributed by atoms with Crippen molar-refractivity contribution in [2.24, 2.45) is 5.14 Å². The maximum absolute atomic E-state index is 11.9. The van der Waals surface area contributed by atoms with Crippen LogP contribution in [0, 0.1) is 0 Å². The number of hydrogen-bond acceptors (Lipinski definition) is 6. The Labute approximate surface area is 114 Å². The number of carbonyl (C=O) groups is 3. The van der Waals surface area contributed by atoms with Gasteiger partial charge in [-0.05, 0) is 19.1 Å². The van der Waals surface area contributed by atoms with Gasteiger partial charge in [-0.2, -0.15) is 0 Å². The van der Waals surface area contributed by atoms with Crippen molar-refractivity contribution < 1.29 is 27.6 Å². The standard InChI is InChI=1S/C11H10N2O6S/c1-6(20(12,17)18)11(16)19-13-9(14)7-4-2-3-5-8(7)10(13)15/h2-6H,1H3,(H2,12,17,18). The molecule has 0 radical (unpaired) electrons. The number of sulfonamides is 1. The van der Waals surface area contributed by atoms with Gasteiger partial charge in [0.2, 0.25) is 10.0 Å². The molecule has 1 unspecified atom stereocenters. The number of hydrogen-bond donors (Lipinski definition) is 1. The monoisotopic (exact) mass is 298 g/mol. The molecule has 9 heteroatoms. The zero-order chi connectivity index (χ0) is 15.1. The second-order valence-electron chi connectivity index (χ2n) is 4.09. The number of fused-ring (bicyclic) bond motifs is 1. The molecule has 0 saturated carbocycles. The van der Waals surface area contributed by atoms with Gasteiger partial charge in [0.15, 0.2) is 5.25 Å². The summed E-state index contributed by atoms with van der Waals surface area (Å²) in [7, 11) is -4.17. The molecule has 1 aliphatic rings. The zero-order valence-electron chi connectivity index (χ0n) is 10.3. The third kappa shape index (κ3) is 2.28. The molecule has 1 aromatic carbocycles. The lowest BCUT2D eigenvalue weighted by atomic mass is 10.1. The highest BCUT2D eigenvalue weighted by atomic mass is 32.2. The van der Waals surface area contributed by atoms with Crippen molar-refractivity contribution in [3.05, 3.63) is 35.4 Å². The summed E-state index contributed by atoms with van der Waals surface area (Å²) in [6, 6.07) is 5.88. The Balaban J connectivity index is 2.24. The van der Waals surface area contributed by atoms with E-state index in [1.807, 2.05) is 0 Å². The summed E-state index contributed by atoms with van der Waals surface area (Å²) in [4.78, 5) is 39.8. The topological polar surface area (TPSA) is 124 Å². The Kier molecular flexibility index (Phi) is 3.32. The fourth-order valence-corrected chi connectivity index (χ4v) is 1.86. The third-order valence-electron chi connectivity index (χ3n) is 2.76. The molecule has 0 bridgehead atoms. The molecule has 1 aromatic rings. The van der Waals surface area contributed by atoms with E-state index in [4.69, 9.17) is 5.14 Å². The number of carbonyl (C=O) groups excluding carboxylic acids is 3. The van der Waals surface area contributed by atoms with Crippen LogP contribution in [0.3, 0.4) is 0 Å². The molecule has 8 nitrogen and oxygen atoms in total. The van der Waals surface area contributed by atoms with Gasteiger partial charge in [-0.25, -0.2) is 18.4 Å². The molecular formula is C11H10N2O6S. The van der Waals surface area contributed by atoms with Gasteiger partial charge in [0.25, 0.3) is 11.8 Å². The Hall–Kier alpha value is -2.26. The van der Waals surface area contributed by atoms with Gasteiger partial charge >= 0.3 is 5.97 Å². The predicted molar refractivity (Wildman–Crippen MR) is 65.6 cm³/mol. The quantitative estimate of drug-likeness (QED) is 0.744. The lowest BCUT2D eigenvalue weighted by Crippen LogP contribution is -2.40. The average molecular weight is 298 g/mol. The minimum atomic E-state index is -4.17. The number of rotatable bonds is 3. The van der Waals surface area contributed by atoms with Gasteiger partial charge in [0.1, 0.15) is 0 Å². The van der Waals surface area contributed by atoms with Crippen molar-refractivity contribution in [1.82, 2.24) is 5.06 Å². The van der Waals surface area contributed by atoms with Crippen molar-refractivity contribution in [1.29, 1.82) is 0 Å². The normalized spacial score (nSPS) is 16.0. The minimum Gasteiger partial charge on any atom is -0.328 e. The highest BCUT2D eigenvalue weighted by Gasteiger charge is 2.40. The highest BCUT2D eigenvalue weighted by Crippen LogP contribution is 2.23. The summed E-state index contributed by atoms with van der Waals surface area (Å²) < 4.78 is 22.0. The molecule has 2 N–H and O–H groups in total. The maximum Gasteiger partial charge on any atom is 0.352 e. The largest absolute Gasteiger partial charge is 0.352 e. The lowest BCUT2D eigenvalue weighted by molar-refractivity contribution is -0.167. The number of primary sulfonamides is 1. The van der Waals surface area contributed by atoms with Crippen LogP contribution in [-0.4, -0.2) is 36.5 Å². The van der Waals surface area contributed by atoms with Crippen LogP contribution in [0.2, 0.25) is 0 Å². The summed E-state index contributed by atoms with van der Waals surface area (Å²) in [6.07, 6.45) is 0. The molecule has 2 amide bonds. The third-order valence-corrected chi connectivity index (χ3v) is 3.94. The van der Waals surface area contributed by atoms with E-state index in [1.54, 1.807) is 12.1 Å². The molecule has 1 aliphatic heterocycles. The first-order chi connectivity index (χ1) is 9.23. The first-order valence-electron chi connectivity index (χ1n) is 5.44. The van der Waals surface area contributed by atoms with Crippen molar-refractivity contribution in [2.45, 2.75) is 12.2 Å². The molecule has 0 spiro atoms. The number of nitrogens with zero attached hydrogens (tertiary/aromatic N) is 1. The van der Waals surface area contributed by atoms with E-state index in [9.17, 15) is 22.8 Å². The van der Waals surface area contributed by atoms with Crippen LogP contribution in [-0.2, 0) is 19.7 Å². The average Bonchev–Trinajstić information content (AvgIpc) is 2.62. The molecule has 106 valence electrons. The minimum absolute atomic E-state index is 0.0774. The number of hydroxylamine groups is 2. The van der Waals surface area contributed by atoms with Crippen molar-refractivity contribution in [3.63, 3.8) is 0 Å². The summed E-state index contributed by atoms with van der Waals surface area (Å²) >= 11 is 0. The summed E-state index contributed by atoms with van der Waals surface area (Å²) in [6.45, 7) is 0.996. The van der Waals surface area contributed by atoms with E-state index in [0.717, 1.165) is 6.92 Å². The van der Waals surface area contributed by atoms with Crippen LogP contribution in [0.15, 0.2) is 24.3 Å². The van der Waals surface area contributed by atoms with Gasteiger partial charge in [-0.1, -0.05) is 17.2 Å². The van der Waals surface area contributed by atoms with Gasteiger partial charge < -0.3 is 4.84 Å². The van der Waals surface area contributed by atoms with Crippen molar-refractivity contribution in [2.75, 3.05) is 0 Å². The summed E-state index contributed by atoms with van der Waals surface area (Å²) in [5, 5.41) is 3.33. The molecule has 1 heterocycles. The van der Waals surface area contributed by atoms with E-state index >= 15 is 0 Å². The first-order valence-corrected chi connectivity index (χ1v) is 7.05. The summed E-state index contributed by atoms with van der Waals surface area (Å²) in [5.74, 6) is -2.97. The lowest BCUT2D eigenvalue weighted by Gasteiger charge is -2.15. The second kappa shape index (κ2) is 4.69. The van der Waals surface area contributed by atoms with Crippen LogP contribution in [0.1, 0.15) is 27.6 Å². The second-order valence-corrected chi connectivity index (χ2v) is 5.98. The van der Waals surface area contributed by atoms with E-state index in [1.165, 1.54) is 12.1 Å². The molecule has 0 fully saturated rings. The SMILES string of the molecule is CC(C(=O)ON1C(=O)c2ccccc2C1=O)S(N)(=O)=O. The fraction of sp³-hybridized carbons (Fsp3) is 0.182. The fourth-order valence-electron chi connectivity index (χ4n) is 1.55. The number of nitrogens with two attached hydrogens (primary N) is 1. The Bertz CT molecular complexity index is 676. The molecule has 0 saturated heterocycles. The van der Waals surface area contributed by atoms with Gasteiger partial charge in [0, 0.05) is 0 Å². The van der Waals surface area contributed by atoms with E-state index < -0.39 is 33.1 Å². The zero-order valence-corrected chi connectivity index (χ0v) is 11.1. The maximum atomic E-state index is 11.9. The molecule has 20 heavy (non-hydrogen) atoms. The number of amides is 2. The number of benzene rings is 1. The van der Waals surface area contributed by atoms with E-state index in [-0.39, 0.29) is 16.2 Å². The van der Waals surface area contributed by atoms with Crippen LogP contribution in [0.4, 0.5) is 0 Å². The van der Waals surface area contributed by atoms with E-state index in [2.05, 4.69) is 4.84 Å². The van der Waals surface area contributed by atoms with Gasteiger partial charge in [0.05, 0.1) is 11.1 Å². The number of imide groups is 1. The molecule has 0 aliphatic carbocycles. The van der Waals surface area contributed by atoms with Crippen LogP contribution in [0.5, 0.6) is 0 Å². The smallest absolute Gasteiger partial charge is 0.328 e. The molecular weight excluding hydrogens is 288 g/mol. The molecule has 1 atom stereocenters. The highest BCUT2D eigenvalue weighted by molar-refractivity contribution is 7.90. The Morgan fingerprint density at radius 3 is 2.05 bits per heavy atom. The van der Waals surface area contributed by atoms with Crippen LogP contribution >= 0.6 is 0 Å². The van der Waals surface area contributed by atoms with E-state index in [0.29, 0.717) is 0 Å². The summed E-state index contributed by atoms with van der Waals surface area (Å²) in [5.41, 5.74) is 0.155. The molecule has 0 aromatic heterocycles. The first kappa shape index (κ1) is 14.2. The predicted octanol–water partition coefficient (Wildman–Crippen LogP) is -0.582. The Morgan fingerprint density at radius 1 is 1.20 bits per heavy atom. The van der Waals surface area contributed by atoms with Gasteiger partial charge in [-0.3, -0.25) is 9.59 Å². The van der Waals surface area contributed by atoms with Crippen molar-refractivity contribution in [3.8, 4) is 0 Å². The van der Waals surface area contributed by atoms with Crippen LogP contribution in [0.25, 0.3) is 0 Å².